The maximum atomic E-state index is 5.47. The Labute approximate surface area is 119 Å². The molecule has 0 bridgehead atoms. The Morgan fingerprint density at radius 1 is 1.30 bits per heavy atom. The molecule has 0 saturated carbocycles. The highest BCUT2D eigenvalue weighted by atomic mass is 16.5. The van der Waals surface area contributed by atoms with Gasteiger partial charge >= 0.3 is 0 Å². The number of methoxy groups -OCH3 is 2. The largest absolute Gasteiger partial charge is 0.497 e. The second-order valence-electron chi connectivity index (χ2n) is 4.48. The molecule has 1 atom stereocenters. The number of nitrogens with one attached hydrogen (secondary N) is 1. The third kappa shape index (κ3) is 3.30. The van der Waals surface area contributed by atoms with Crippen molar-refractivity contribution in [1.29, 1.82) is 0 Å². The maximum absolute atomic E-state index is 5.47. The normalized spacial score (nSPS) is 12.2. The molecule has 20 heavy (non-hydrogen) atoms. The SMILES string of the molecule is CCNC(Cn1ccnc1)c1cc(OC)ccc1OC. The second-order valence-corrected chi connectivity index (χ2v) is 4.48. The van der Waals surface area contributed by atoms with Crippen molar-refractivity contribution in [3.63, 3.8) is 0 Å². The Kier molecular flexibility index (Phi) is 5.01. The lowest BCUT2D eigenvalue weighted by atomic mass is 10.0. The minimum Gasteiger partial charge on any atom is -0.497 e. The van der Waals surface area contributed by atoms with Crippen LogP contribution in [0.15, 0.2) is 36.9 Å². The lowest BCUT2D eigenvalue weighted by Crippen LogP contribution is -2.25. The Hall–Kier alpha value is -2.01. The van der Waals surface area contributed by atoms with E-state index in [1.54, 1.807) is 20.4 Å². The Bertz CT molecular complexity index is 526. The second kappa shape index (κ2) is 6.96. The van der Waals surface area contributed by atoms with Crippen LogP contribution < -0.4 is 14.8 Å². The molecule has 0 spiro atoms. The number of hydrogen-bond donors (Lipinski definition) is 1. The van der Waals surface area contributed by atoms with Crippen molar-refractivity contribution in [2.45, 2.75) is 19.5 Å². The summed E-state index contributed by atoms with van der Waals surface area (Å²) in [5, 5.41) is 3.48. The predicted octanol–water partition coefficient (Wildman–Crippen LogP) is 2.25. The maximum Gasteiger partial charge on any atom is 0.123 e. The van der Waals surface area contributed by atoms with Gasteiger partial charge in [-0.05, 0) is 24.7 Å². The summed E-state index contributed by atoms with van der Waals surface area (Å²) in [6, 6.07) is 6.00. The van der Waals surface area contributed by atoms with E-state index in [1.807, 2.05) is 35.3 Å². The molecule has 1 aromatic heterocycles. The summed E-state index contributed by atoms with van der Waals surface area (Å²) in [4.78, 5) is 4.08. The van der Waals surface area contributed by atoms with E-state index in [9.17, 15) is 0 Å². The van der Waals surface area contributed by atoms with Crippen LogP contribution in [-0.4, -0.2) is 30.3 Å². The minimum absolute atomic E-state index is 0.138. The average Bonchev–Trinajstić information content (AvgIpc) is 2.99. The van der Waals surface area contributed by atoms with E-state index in [4.69, 9.17) is 9.47 Å². The van der Waals surface area contributed by atoms with Gasteiger partial charge in [0.1, 0.15) is 11.5 Å². The Morgan fingerprint density at radius 3 is 2.75 bits per heavy atom. The van der Waals surface area contributed by atoms with Gasteiger partial charge in [0.15, 0.2) is 0 Å². The van der Waals surface area contributed by atoms with Crippen molar-refractivity contribution >= 4 is 0 Å². The molecular weight excluding hydrogens is 254 g/mol. The number of imidazole rings is 1. The smallest absolute Gasteiger partial charge is 0.123 e. The van der Waals surface area contributed by atoms with Gasteiger partial charge in [0, 0.05) is 24.5 Å². The molecule has 0 aliphatic heterocycles. The fraction of sp³-hybridized carbons (Fsp3) is 0.400. The molecule has 1 aromatic carbocycles. The van der Waals surface area contributed by atoms with Crippen molar-refractivity contribution < 1.29 is 9.47 Å². The number of rotatable bonds is 7. The Morgan fingerprint density at radius 2 is 2.15 bits per heavy atom. The van der Waals surface area contributed by atoms with Crippen molar-refractivity contribution in [2.24, 2.45) is 0 Å². The molecule has 0 radical (unpaired) electrons. The highest BCUT2D eigenvalue weighted by Gasteiger charge is 2.16. The quantitative estimate of drug-likeness (QED) is 0.842. The van der Waals surface area contributed by atoms with Crippen LogP contribution in [0.1, 0.15) is 18.5 Å². The molecule has 0 aliphatic rings. The molecule has 0 amide bonds. The van der Waals surface area contributed by atoms with Crippen molar-refractivity contribution in [1.82, 2.24) is 14.9 Å². The highest BCUT2D eigenvalue weighted by molar-refractivity contribution is 5.42. The summed E-state index contributed by atoms with van der Waals surface area (Å²) >= 11 is 0. The molecule has 0 fully saturated rings. The van der Waals surface area contributed by atoms with Gasteiger partial charge in [-0.1, -0.05) is 6.92 Å². The molecule has 5 nitrogen and oxygen atoms in total. The number of ether oxygens (including phenoxy) is 2. The Balaban J connectivity index is 2.31. The first-order chi connectivity index (χ1) is 9.78. The topological polar surface area (TPSA) is 48.3 Å². The van der Waals surface area contributed by atoms with Gasteiger partial charge in [0.2, 0.25) is 0 Å². The van der Waals surface area contributed by atoms with Crippen LogP contribution in [0.4, 0.5) is 0 Å². The first-order valence-electron chi connectivity index (χ1n) is 6.69. The molecule has 0 saturated heterocycles. The van der Waals surface area contributed by atoms with Crippen LogP contribution >= 0.6 is 0 Å². The monoisotopic (exact) mass is 275 g/mol. The number of nitrogens with zero attached hydrogens (tertiary/aromatic N) is 2. The molecule has 2 rings (SSSR count). The lowest BCUT2D eigenvalue weighted by molar-refractivity contribution is 0.382. The van der Waals surface area contributed by atoms with Crippen molar-refractivity contribution in [2.75, 3.05) is 20.8 Å². The van der Waals surface area contributed by atoms with Crippen LogP contribution in [0.3, 0.4) is 0 Å². The third-order valence-electron chi connectivity index (χ3n) is 3.22. The van der Waals surface area contributed by atoms with Crippen LogP contribution in [0.2, 0.25) is 0 Å². The number of aromatic nitrogens is 2. The summed E-state index contributed by atoms with van der Waals surface area (Å²) < 4.78 is 12.8. The van der Waals surface area contributed by atoms with E-state index in [1.165, 1.54) is 0 Å². The molecule has 0 aliphatic carbocycles. The molecular formula is C15H21N3O2. The van der Waals surface area contributed by atoms with E-state index >= 15 is 0 Å². The summed E-state index contributed by atoms with van der Waals surface area (Å²) in [5.74, 6) is 1.69. The van der Waals surface area contributed by atoms with Gasteiger partial charge in [-0.25, -0.2) is 4.98 Å². The molecule has 5 heteroatoms. The predicted molar refractivity (Wildman–Crippen MR) is 78.2 cm³/mol. The fourth-order valence-corrected chi connectivity index (χ4v) is 2.24. The van der Waals surface area contributed by atoms with E-state index in [2.05, 4.69) is 17.2 Å². The zero-order chi connectivity index (χ0) is 14.4. The number of likely N-dealkylation sites (N-methyl/N-ethyl adjacent to an activating group) is 1. The van der Waals surface area contributed by atoms with Crippen molar-refractivity contribution in [3.8, 4) is 11.5 Å². The van der Waals surface area contributed by atoms with Gasteiger partial charge in [-0.3, -0.25) is 0 Å². The van der Waals surface area contributed by atoms with Gasteiger partial charge in [-0.2, -0.15) is 0 Å². The number of hydrogen-bond acceptors (Lipinski definition) is 4. The third-order valence-corrected chi connectivity index (χ3v) is 3.22. The van der Waals surface area contributed by atoms with E-state index in [-0.39, 0.29) is 6.04 Å². The zero-order valence-electron chi connectivity index (χ0n) is 12.2. The van der Waals surface area contributed by atoms with E-state index < -0.39 is 0 Å². The number of benzene rings is 1. The van der Waals surface area contributed by atoms with Crippen LogP contribution in [0.5, 0.6) is 11.5 Å². The van der Waals surface area contributed by atoms with E-state index in [0.717, 1.165) is 30.2 Å². The molecule has 1 heterocycles. The molecule has 2 aromatic rings. The average molecular weight is 275 g/mol. The first kappa shape index (κ1) is 14.4. The molecule has 1 unspecified atom stereocenters. The minimum atomic E-state index is 0.138. The molecule has 108 valence electrons. The van der Waals surface area contributed by atoms with E-state index in [0.29, 0.717) is 0 Å². The van der Waals surface area contributed by atoms with Crippen LogP contribution in [0, 0.1) is 0 Å². The lowest BCUT2D eigenvalue weighted by Gasteiger charge is -2.21. The fourth-order valence-electron chi connectivity index (χ4n) is 2.24. The highest BCUT2D eigenvalue weighted by Crippen LogP contribution is 2.30. The van der Waals surface area contributed by atoms with Crippen LogP contribution in [0.25, 0.3) is 0 Å². The zero-order valence-corrected chi connectivity index (χ0v) is 12.2. The summed E-state index contributed by atoms with van der Waals surface area (Å²) in [6.07, 6.45) is 5.56. The first-order valence-corrected chi connectivity index (χ1v) is 6.69. The molecule has 1 N–H and O–H groups in total. The van der Waals surface area contributed by atoms with Gasteiger partial charge in [-0.15, -0.1) is 0 Å². The van der Waals surface area contributed by atoms with Gasteiger partial charge in [0.05, 0.1) is 26.6 Å². The standard InChI is InChI=1S/C15H21N3O2/c1-4-17-14(10-18-8-7-16-11-18)13-9-12(19-2)5-6-15(13)20-3/h5-9,11,14,17H,4,10H2,1-3H3. The summed E-state index contributed by atoms with van der Waals surface area (Å²) in [6.45, 7) is 3.75. The summed E-state index contributed by atoms with van der Waals surface area (Å²) in [7, 11) is 3.36. The van der Waals surface area contributed by atoms with Crippen LogP contribution in [-0.2, 0) is 6.54 Å². The van der Waals surface area contributed by atoms with Crippen molar-refractivity contribution in [3.05, 3.63) is 42.5 Å². The van der Waals surface area contributed by atoms with Gasteiger partial charge < -0.3 is 19.4 Å². The summed E-state index contributed by atoms with van der Waals surface area (Å²) in [5.41, 5.74) is 1.09. The van der Waals surface area contributed by atoms with Gasteiger partial charge in [0.25, 0.3) is 0 Å².